The summed E-state index contributed by atoms with van der Waals surface area (Å²) in [4.78, 5) is 24.7. The standard InChI is InChI=1S/C12H20N2O3/c13-12(6-3-7-12)11(17)14(8-10(15)16)9-4-1-2-5-9/h9H,1-8,13H2,(H,15,16). The molecule has 0 saturated heterocycles. The largest absolute Gasteiger partial charge is 0.480 e. The predicted octanol–water partition coefficient (Wildman–Crippen LogP) is 0.724. The molecule has 0 aliphatic heterocycles. The van der Waals surface area contributed by atoms with Gasteiger partial charge in [0.05, 0.1) is 5.54 Å². The number of rotatable bonds is 4. The topological polar surface area (TPSA) is 83.6 Å². The quantitative estimate of drug-likeness (QED) is 0.758. The van der Waals surface area contributed by atoms with E-state index in [4.69, 9.17) is 10.8 Å². The lowest BCUT2D eigenvalue weighted by molar-refractivity contribution is -0.150. The van der Waals surface area contributed by atoms with Crippen LogP contribution in [0.15, 0.2) is 0 Å². The second-order valence-electron chi connectivity index (χ2n) is 5.27. The molecule has 2 aliphatic rings. The number of hydrogen-bond acceptors (Lipinski definition) is 3. The minimum atomic E-state index is -0.951. The van der Waals surface area contributed by atoms with Crippen molar-refractivity contribution in [1.29, 1.82) is 0 Å². The smallest absolute Gasteiger partial charge is 0.323 e. The van der Waals surface area contributed by atoms with Crippen molar-refractivity contribution in [3.05, 3.63) is 0 Å². The van der Waals surface area contributed by atoms with Crippen molar-refractivity contribution in [3.8, 4) is 0 Å². The van der Waals surface area contributed by atoms with E-state index in [0.29, 0.717) is 12.8 Å². The van der Waals surface area contributed by atoms with E-state index >= 15 is 0 Å². The molecule has 3 N–H and O–H groups in total. The fraction of sp³-hybridized carbons (Fsp3) is 0.833. The second-order valence-corrected chi connectivity index (χ2v) is 5.27. The molecule has 96 valence electrons. The molecule has 0 bridgehead atoms. The van der Waals surface area contributed by atoms with Crippen LogP contribution in [0, 0.1) is 0 Å². The van der Waals surface area contributed by atoms with Crippen molar-refractivity contribution in [2.24, 2.45) is 5.73 Å². The van der Waals surface area contributed by atoms with Crippen LogP contribution in [-0.2, 0) is 9.59 Å². The normalized spacial score (nSPS) is 23.1. The Balaban J connectivity index is 2.08. The maximum absolute atomic E-state index is 12.3. The molecule has 0 spiro atoms. The van der Waals surface area contributed by atoms with Gasteiger partial charge in [-0.1, -0.05) is 12.8 Å². The number of carbonyl (C=O) groups excluding carboxylic acids is 1. The van der Waals surface area contributed by atoms with Crippen molar-refractivity contribution in [2.45, 2.75) is 56.5 Å². The van der Waals surface area contributed by atoms with Crippen molar-refractivity contribution in [3.63, 3.8) is 0 Å². The third-order valence-electron chi connectivity index (χ3n) is 4.00. The van der Waals surface area contributed by atoms with E-state index in [-0.39, 0.29) is 18.5 Å². The Labute approximate surface area is 101 Å². The van der Waals surface area contributed by atoms with Gasteiger partial charge < -0.3 is 15.7 Å². The highest BCUT2D eigenvalue weighted by molar-refractivity contribution is 5.89. The summed E-state index contributed by atoms with van der Waals surface area (Å²) < 4.78 is 0. The summed E-state index contributed by atoms with van der Waals surface area (Å²) in [5, 5.41) is 8.91. The number of carbonyl (C=O) groups is 2. The number of hydrogen-bond donors (Lipinski definition) is 2. The van der Waals surface area contributed by atoms with Crippen LogP contribution in [0.5, 0.6) is 0 Å². The van der Waals surface area contributed by atoms with Gasteiger partial charge in [-0.3, -0.25) is 9.59 Å². The van der Waals surface area contributed by atoms with Gasteiger partial charge in [-0.05, 0) is 32.1 Å². The highest BCUT2D eigenvalue weighted by atomic mass is 16.4. The van der Waals surface area contributed by atoms with Gasteiger partial charge in [-0.2, -0.15) is 0 Å². The average Bonchev–Trinajstić information content (AvgIpc) is 2.74. The Hall–Kier alpha value is -1.10. The minimum Gasteiger partial charge on any atom is -0.480 e. The van der Waals surface area contributed by atoms with Gasteiger partial charge in [-0.15, -0.1) is 0 Å². The maximum atomic E-state index is 12.3. The summed E-state index contributed by atoms with van der Waals surface area (Å²) in [6, 6.07) is 0.0830. The lowest BCUT2D eigenvalue weighted by atomic mass is 9.76. The number of aliphatic carboxylic acids is 1. The van der Waals surface area contributed by atoms with Crippen molar-refractivity contribution in [2.75, 3.05) is 6.54 Å². The van der Waals surface area contributed by atoms with E-state index in [1.807, 2.05) is 0 Å². The number of carboxylic acids is 1. The number of carboxylic acid groups (broad SMARTS) is 1. The van der Waals surface area contributed by atoms with E-state index < -0.39 is 11.5 Å². The molecular weight excluding hydrogens is 220 g/mol. The molecule has 0 radical (unpaired) electrons. The van der Waals surface area contributed by atoms with E-state index in [2.05, 4.69) is 0 Å². The predicted molar refractivity (Wildman–Crippen MR) is 62.4 cm³/mol. The fourth-order valence-corrected chi connectivity index (χ4v) is 2.79. The molecule has 0 unspecified atom stereocenters. The first-order chi connectivity index (χ1) is 8.03. The highest BCUT2D eigenvalue weighted by Gasteiger charge is 2.45. The fourth-order valence-electron chi connectivity index (χ4n) is 2.79. The monoisotopic (exact) mass is 240 g/mol. The molecule has 5 nitrogen and oxygen atoms in total. The highest BCUT2D eigenvalue weighted by Crippen LogP contribution is 2.33. The number of nitrogens with zero attached hydrogens (tertiary/aromatic N) is 1. The zero-order valence-corrected chi connectivity index (χ0v) is 10.0. The molecule has 17 heavy (non-hydrogen) atoms. The molecule has 5 heteroatoms. The van der Waals surface area contributed by atoms with Crippen molar-refractivity contribution in [1.82, 2.24) is 4.90 Å². The molecule has 0 aromatic rings. The average molecular weight is 240 g/mol. The van der Waals surface area contributed by atoms with Crippen LogP contribution < -0.4 is 5.73 Å². The summed E-state index contributed by atoms with van der Waals surface area (Å²) in [6.45, 7) is -0.206. The Morgan fingerprint density at radius 1 is 1.24 bits per heavy atom. The van der Waals surface area contributed by atoms with Crippen molar-refractivity contribution < 1.29 is 14.7 Å². The van der Waals surface area contributed by atoms with Crippen LogP contribution in [0.1, 0.15) is 44.9 Å². The lowest BCUT2D eigenvalue weighted by Gasteiger charge is -2.42. The summed E-state index contributed by atoms with van der Waals surface area (Å²) in [5.74, 6) is -1.11. The third kappa shape index (κ3) is 2.44. The molecule has 1 amide bonds. The molecule has 0 atom stereocenters. The zero-order chi connectivity index (χ0) is 12.5. The minimum absolute atomic E-state index is 0.0830. The number of amides is 1. The Morgan fingerprint density at radius 3 is 2.24 bits per heavy atom. The molecular formula is C12H20N2O3. The first kappa shape index (κ1) is 12.4. The third-order valence-corrected chi connectivity index (χ3v) is 4.00. The van der Waals surface area contributed by atoms with Gasteiger partial charge in [0, 0.05) is 6.04 Å². The molecule has 0 aromatic heterocycles. The SMILES string of the molecule is NC1(C(=O)N(CC(=O)O)C2CCCC2)CCC1. The molecule has 2 rings (SSSR count). The first-order valence-electron chi connectivity index (χ1n) is 6.35. The van der Waals surface area contributed by atoms with Gasteiger partial charge >= 0.3 is 5.97 Å². The molecule has 0 aromatic carbocycles. The van der Waals surface area contributed by atoms with E-state index in [0.717, 1.165) is 32.1 Å². The lowest BCUT2D eigenvalue weighted by Crippen LogP contribution is -2.61. The summed E-state index contributed by atoms with van der Waals surface area (Å²) in [7, 11) is 0. The van der Waals surface area contributed by atoms with Gasteiger partial charge in [0.25, 0.3) is 0 Å². The Bertz CT molecular complexity index is 320. The van der Waals surface area contributed by atoms with Crippen molar-refractivity contribution >= 4 is 11.9 Å². The summed E-state index contributed by atoms with van der Waals surface area (Å²) in [6.07, 6.45) is 6.32. The van der Waals surface area contributed by atoms with Crippen LogP contribution in [0.25, 0.3) is 0 Å². The van der Waals surface area contributed by atoms with Gasteiger partial charge in [0.1, 0.15) is 6.54 Å². The second kappa shape index (κ2) is 4.64. The van der Waals surface area contributed by atoms with Crippen LogP contribution in [0.3, 0.4) is 0 Å². The summed E-state index contributed by atoms with van der Waals surface area (Å²) in [5.41, 5.74) is 5.23. The zero-order valence-electron chi connectivity index (χ0n) is 10.0. The van der Waals surface area contributed by atoms with Crippen LogP contribution in [0.2, 0.25) is 0 Å². The van der Waals surface area contributed by atoms with Gasteiger partial charge in [0.2, 0.25) is 5.91 Å². The summed E-state index contributed by atoms with van der Waals surface area (Å²) >= 11 is 0. The van der Waals surface area contributed by atoms with Crippen LogP contribution in [0.4, 0.5) is 0 Å². The molecule has 0 heterocycles. The Morgan fingerprint density at radius 2 is 1.82 bits per heavy atom. The Kier molecular flexibility index (Phi) is 3.38. The van der Waals surface area contributed by atoms with E-state index in [1.165, 1.54) is 4.90 Å². The molecule has 2 saturated carbocycles. The number of nitrogens with two attached hydrogens (primary N) is 1. The maximum Gasteiger partial charge on any atom is 0.323 e. The van der Waals surface area contributed by atoms with E-state index in [9.17, 15) is 9.59 Å². The van der Waals surface area contributed by atoms with Gasteiger partial charge in [0.15, 0.2) is 0 Å². The van der Waals surface area contributed by atoms with Crippen LogP contribution in [-0.4, -0.2) is 40.0 Å². The first-order valence-corrected chi connectivity index (χ1v) is 6.35. The van der Waals surface area contributed by atoms with Gasteiger partial charge in [-0.25, -0.2) is 0 Å². The molecule has 2 fully saturated rings. The van der Waals surface area contributed by atoms with Crippen LogP contribution >= 0.6 is 0 Å². The molecule has 2 aliphatic carbocycles. The van der Waals surface area contributed by atoms with E-state index in [1.54, 1.807) is 0 Å².